The first-order valence-electron chi connectivity index (χ1n) is 5.49. The fraction of sp³-hybridized carbons (Fsp3) is 0.500. The summed E-state index contributed by atoms with van der Waals surface area (Å²) in [5.74, 6) is 0. The number of nitrogens with one attached hydrogen (secondary N) is 2. The van der Waals surface area contributed by atoms with E-state index in [0.717, 1.165) is 6.54 Å². The van der Waals surface area contributed by atoms with E-state index in [0.29, 0.717) is 6.04 Å². The highest BCUT2D eigenvalue weighted by atomic mass is 79.9. The predicted molar refractivity (Wildman–Crippen MR) is 68.4 cm³/mol. The molecule has 1 aliphatic heterocycles. The summed E-state index contributed by atoms with van der Waals surface area (Å²) in [5.41, 5.74) is 2.49. The van der Waals surface area contributed by atoms with Gasteiger partial charge in [0.15, 0.2) is 0 Å². The van der Waals surface area contributed by atoms with Gasteiger partial charge in [0.25, 0.3) is 0 Å². The van der Waals surface area contributed by atoms with Crippen molar-refractivity contribution in [2.45, 2.75) is 25.8 Å². The molecule has 0 spiro atoms. The van der Waals surface area contributed by atoms with Crippen LogP contribution in [-0.2, 0) is 0 Å². The molecule has 1 aromatic carbocycles. The molecule has 0 amide bonds. The summed E-state index contributed by atoms with van der Waals surface area (Å²) in [6.07, 6.45) is 2.61. The molecule has 2 N–H and O–H groups in total. The van der Waals surface area contributed by atoms with Gasteiger partial charge in [-0.15, -0.1) is 0 Å². The molecule has 3 heteroatoms. The molecule has 82 valence electrons. The van der Waals surface area contributed by atoms with E-state index in [4.69, 9.17) is 0 Å². The first-order valence-corrected chi connectivity index (χ1v) is 6.28. The van der Waals surface area contributed by atoms with Crippen molar-refractivity contribution in [1.29, 1.82) is 0 Å². The van der Waals surface area contributed by atoms with Crippen LogP contribution in [0, 0.1) is 6.92 Å². The number of rotatable bonds is 3. The summed E-state index contributed by atoms with van der Waals surface area (Å²) in [4.78, 5) is 0. The molecule has 0 aliphatic carbocycles. The van der Waals surface area contributed by atoms with E-state index < -0.39 is 0 Å². The molecule has 2 rings (SSSR count). The number of halogens is 1. The van der Waals surface area contributed by atoms with Gasteiger partial charge in [-0.3, -0.25) is 0 Å². The van der Waals surface area contributed by atoms with Gasteiger partial charge in [-0.05, 0) is 50.1 Å². The van der Waals surface area contributed by atoms with Crippen LogP contribution in [0.15, 0.2) is 22.7 Å². The first kappa shape index (κ1) is 11.0. The van der Waals surface area contributed by atoms with E-state index in [9.17, 15) is 0 Å². The average Bonchev–Trinajstić information content (AvgIpc) is 2.73. The highest BCUT2D eigenvalue weighted by Gasteiger charge is 2.12. The Balaban J connectivity index is 1.90. The zero-order chi connectivity index (χ0) is 10.7. The van der Waals surface area contributed by atoms with E-state index in [1.807, 2.05) is 0 Å². The van der Waals surface area contributed by atoms with Crippen molar-refractivity contribution in [3.63, 3.8) is 0 Å². The quantitative estimate of drug-likeness (QED) is 0.881. The standard InChI is InChI=1S/C12H17BrN2/c1-9-7-10(4-5-12(9)13)15-8-11-3-2-6-14-11/h4-5,7,11,14-15H,2-3,6,8H2,1H3. The number of benzene rings is 1. The number of hydrogen-bond donors (Lipinski definition) is 2. The largest absolute Gasteiger partial charge is 0.383 e. The van der Waals surface area contributed by atoms with E-state index in [-0.39, 0.29) is 0 Å². The summed E-state index contributed by atoms with van der Waals surface area (Å²) in [5, 5.41) is 6.95. The molecule has 1 aliphatic rings. The van der Waals surface area contributed by atoms with Gasteiger partial charge in [-0.1, -0.05) is 15.9 Å². The second-order valence-electron chi connectivity index (χ2n) is 4.14. The van der Waals surface area contributed by atoms with Crippen LogP contribution in [0.2, 0.25) is 0 Å². The lowest BCUT2D eigenvalue weighted by atomic mass is 10.2. The van der Waals surface area contributed by atoms with Crippen LogP contribution in [0.1, 0.15) is 18.4 Å². The Morgan fingerprint density at radius 3 is 3.07 bits per heavy atom. The summed E-state index contributed by atoms with van der Waals surface area (Å²) < 4.78 is 1.17. The molecule has 1 fully saturated rings. The monoisotopic (exact) mass is 268 g/mol. The lowest BCUT2D eigenvalue weighted by Gasteiger charge is -2.13. The van der Waals surface area contributed by atoms with Gasteiger partial charge in [0.2, 0.25) is 0 Å². The van der Waals surface area contributed by atoms with Crippen molar-refractivity contribution >= 4 is 21.6 Å². The maximum atomic E-state index is 3.51. The van der Waals surface area contributed by atoms with Crippen molar-refractivity contribution in [3.05, 3.63) is 28.2 Å². The van der Waals surface area contributed by atoms with E-state index in [1.54, 1.807) is 0 Å². The Morgan fingerprint density at radius 1 is 1.53 bits per heavy atom. The van der Waals surface area contributed by atoms with E-state index in [1.165, 1.54) is 35.1 Å². The molecule has 1 atom stereocenters. The van der Waals surface area contributed by atoms with Gasteiger partial charge < -0.3 is 10.6 Å². The Bertz CT molecular complexity index is 332. The van der Waals surface area contributed by atoms with Crippen molar-refractivity contribution < 1.29 is 0 Å². The van der Waals surface area contributed by atoms with Crippen LogP contribution < -0.4 is 10.6 Å². The molecule has 1 saturated heterocycles. The minimum absolute atomic E-state index is 0.647. The molecule has 1 unspecified atom stereocenters. The highest BCUT2D eigenvalue weighted by molar-refractivity contribution is 9.10. The summed E-state index contributed by atoms with van der Waals surface area (Å²) in [6, 6.07) is 7.04. The predicted octanol–water partition coefficient (Wildman–Crippen LogP) is 2.92. The zero-order valence-corrected chi connectivity index (χ0v) is 10.6. The van der Waals surface area contributed by atoms with Crippen LogP contribution >= 0.6 is 15.9 Å². The fourth-order valence-corrected chi connectivity index (χ4v) is 2.17. The summed E-state index contributed by atoms with van der Waals surface area (Å²) in [6.45, 7) is 4.32. The second kappa shape index (κ2) is 4.99. The number of hydrogen-bond acceptors (Lipinski definition) is 2. The topological polar surface area (TPSA) is 24.1 Å². The van der Waals surface area contributed by atoms with Crippen LogP contribution in [0.5, 0.6) is 0 Å². The van der Waals surface area contributed by atoms with E-state index in [2.05, 4.69) is 51.7 Å². The normalized spacial score (nSPS) is 20.5. The minimum Gasteiger partial charge on any atom is -0.383 e. The molecule has 0 bridgehead atoms. The van der Waals surface area contributed by atoms with Crippen molar-refractivity contribution in [2.75, 3.05) is 18.4 Å². The molecular formula is C12H17BrN2. The molecule has 0 saturated carbocycles. The van der Waals surface area contributed by atoms with Crippen LogP contribution in [0.3, 0.4) is 0 Å². The third kappa shape index (κ3) is 2.95. The van der Waals surface area contributed by atoms with Crippen LogP contribution in [-0.4, -0.2) is 19.1 Å². The van der Waals surface area contributed by atoms with Crippen molar-refractivity contribution in [1.82, 2.24) is 5.32 Å². The molecular weight excluding hydrogens is 252 g/mol. The first-order chi connectivity index (χ1) is 7.25. The van der Waals surface area contributed by atoms with Gasteiger partial charge in [0.05, 0.1) is 0 Å². The Hall–Kier alpha value is -0.540. The van der Waals surface area contributed by atoms with Crippen molar-refractivity contribution in [2.24, 2.45) is 0 Å². The van der Waals surface area contributed by atoms with Gasteiger partial charge in [0, 0.05) is 22.7 Å². The maximum Gasteiger partial charge on any atom is 0.0344 e. The zero-order valence-electron chi connectivity index (χ0n) is 9.02. The van der Waals surface area contributed by atoms with Gasteiger partial charge >= 0.3 is 0 Å². The van der Waals surface area contributed by atoms with Gasteiger partial charge in [-0.25, -0.2) is 0 Å². The molecule has 1 aromatic rings. The molecule has 2 nitrogen and oxygen atoms in total. The third-order valence-electron chi connectivity index (χ3n) is 2.87. The van der Waals surface area contributed by atoms with Crippen LogP contribution in [0.25, 0.3) is 0 Å². The third-order valence-corrected chi connectivity index (χ3v) is 3.76. The van der Waals surface area contributed by atoms with E-state index >= 15 is 0 Å². The maximum absolute atomic E-state index is 3.51. The molecule has 0 radical (unpaired) electrons. The number of anilines is 1. The summed E-state index contributed by atoms with van der Waals surface area (Å²) >= 11 is 3.51. The summed E-state index contributed by atoms with van der Waals surface area (Å²) in [7, 11) is 0. The van der Waals surface area contributed by atoms with Crippen LogP contribution in [0.4, 0.5) is 5.69 Å². The molecule has 15 heavy (non-hydrogen) atoms. The smallest absolute Gasteiger partial charge is 0.0344 e. The Morgan fingerprint density at radius 2 is 2.40 bits per heavy atom. The fourth-order valence-electron chi connectivity index (χ4n) is 1.93. The number of aryl methyl sites for hydroxylation is 1. The second-order valence-corrected chi connectivity index (χ2v) is 4.99. The molecule has 0 aromatic heterocycles. The van der Waals surface area contributed by atoms with Gasteiger partial charge in [-0.2, -0.15) is 0 Å². The highest BCUT2D eigenvalue weighted by Crippen LogP contribution is 2.20. The van der Waals surface area contributed by atoms with Gasteiger partial charge in [0.1, 0.15) is 0 Å². The Labute approximate surface area is 99.6 Å². The SMILES string of the molecule is Cc1cc(NCC2CCCN2)ccc1Br. The minimum atomic E-state index is 0.647. The van der Waals surface area contributed by atoms with Crippen molar-refractivity contribution in [3.8, 4) is 0 Å². The molecule has 1 heterocycles. The lowest BCUT2D eigenvalue weighted by molar-refractivity contribution is 0.633. The average molecular weight is 269 g/mol. The lowest BCUT2D eigenvalue weighted by Crippen LogP contribution is -2.29. The Kier molecular flexibility index (Phi) is 3.65.